The van der Waals surface area contributed by atoms with Crippen molar-refractivity contribution >= 4 is 11.9 Å². The summed E-state index contributed by atoms with van der Waals surface area (Å²) in [7, 11) is 3.51. The van der Waals surface area contributed by atoms with Crippen molar-refractivity contribution in [2.24, 2.45) is 4.99 Å². The van der Waals surface area contributed by atoms with Crippen LogP contribution in [0.3, 0.4) is 0 Å². The van der Waals surface area contributed by atoms with Crippen LogP contribution >= 0.6 is 0 Å². The lowest BCUT2D eigenvalue weighted by Gasteiger charge is -2.35. The minimum absolute atomic E-state index is 0.0206. The van der Waals surface area contributed by atoms with Gasteiger partial charge in [0, 0.05) is 45.8 Å². The number of aliphatic imine (C=N–C) groups is 1. The third-order valence-electron chi connectivity index (χ3n) is 4.01. The largest absolute Gasteiger partial charge is 0.356 e. The van der Waals surface area contributed by atoms with Gasteiger partial charge in [0.05, 0.1) is 0 Å². The Kier molecular flexibility index (Phi) is 8.24. The van der Waals surface area contributed by atoms with Crippen molar-refractivity contribution in [3.05, 3.63) is 0 Å². The summed E-state index contributed by atoms with van der Waals surface area (Å²) in [6.45, 7) is 9.91. The first-order valence-corrected chi connectivity index (χ1v) is 8.43. The van der Waals surface area contributed by atoms with Gasteiger partial charge in [-0.2, -0.15) is 0 Å². The highest BCUT2D eigenvalue weighted by atomic mass is 16.2. The van der Waals surface area contributed by atoms with Crippen molar-refractivity contribution < 1.29 is 4.79 Å². The summed E-state index contributed by atoms with van der Waals surface area (Å²) in [5, 5.41) is 6.79. The molecule has 2 N–H and O–H groups in total. The number of likely N-dealkylation sites (tertiary alicyclic amines) is 1. The third-order valence-corrected chi connectivity index (χ3v) is 4.01. The average molecular weight is 311 g/mol. The molecule has 0 bridgehead atoms. The molecule has 6 nitrogen and oxygen atoms in total. The molecule has 1 fully saturated rings. The predicted molar refractivity (Wildman–Crippen MR) is 92.2 cm³/mol. The second-order valence-electron chi connectivity index (χ2n) is 6.43. The summed E-state index contributed by atoms with van der Waals surface area (Å²) >= 11 is 0. The van der Waals surface area contributed by atoms with Crippen LogP contribution in [0.25, 0.3) is 0 Å². The highest BCUT2D eigenvalue weighted by Crippen LogP contribution is 2.12. The summed E-state index contributed by atoms with van der Waals surface area (Å²) < 4.78 is 0. The quantitative estimate of drug-likeness (QED) is 0.565. The summed E-state index contributed by atoms with van der Waals surface area (Å²) in [5.74, 6) is 0.785. The van der Waals surface area contributed by atoms with E-state index in [1.165, 1.54) is 0 Å². The number of hydrogen-bond donors (Lipinski definition) is 2. The molecule has 0 radical (unpaired) electrons. The maximum Gasteiger partial charge on any atom is 0.243 e. The van der Waals surface area contributed by atoms with Gasteiger partial charge >= 0.3 is 0 Å². The molecule has 1 rings (SSSR count). The Hall–Kier alpha value is -1.30. The van der Waals surface area contributed by atoms with Gasteiger partial charge in [0.2, 0.25) is 5.91 Å². The minimum atomic E-state index is 0.0206. The van der Waals surface area contributed by atoms with Crippen molar-refractivity contribution in [3.63, 3.8) is 0 Å². The molecule has 22 heavy (non-hydrogen) atoms. The minimum Gasteiger partial charge on any atom is -0.356 e. The van der Waals surface area contributed by atoms with E-state index < -0.39 is 0 Å². The highest BCUT2D eigenvalue weighted by molar-refractivity contribution is 5.84. The molecule has 0 saturated carbocycles. The Balaban J connectivity index is 2.51. The van der Waals surface area contributed by atoms with Gasteiger partial charge in [-0.05, 0) is 33.1 Å². The van der Waals surface area contributed by atoms with E-state index in [0.29, 0.717) is 12.1 Å². The van der Waals surface area contributed by atoms with Gasteiger partial charge in [0.15, 0.2) is 5.96 Å². The average Bonchev–Trinajstić information content (AvgIpc) is 2.49. The van der Waals surface area contributed by atoms with Gasteiger partial charge in [-0.1, -0.05) is 6.92 Å². The summed E-state index contributed by atoms with van der Waals surface area (Å²) in [6, 6.07) is 1.05. The van der Waals surface area contributed by atoms with E-state index in [0.717, 1.165) is 44.9 Å². The fraction of sp³-hybridized carbons (Fsp3) is 0.875. The van der Waals surface area contributed by atoms with Crippen molar-refractivity contribution in [1.29, 1.82) is 0 Å². The topological polar surface area (TPSA) is 60.0 Å². The normalized spacial score (nSPS) is 17.6. The number of rotatable bonds is 6. The van der Waals surface area contributed by atoms with Crippen LogP contribution < -0.4 is 10.6 Å². The number of carbonyl (C=O) groups excluding carboxylic acids is 1. The second kappa shape index (κ2) is 9.66. The SMILES string of the molecule is CCCNC(=NCC(=O)N(C)C)NC1CCN(C(C)C)CC1. The zero-order chi connectivity index (χ0) is 16.5. The van der Waals surface area contributed by atoms with E-state index in [-0.39, 0.29) is 12.5 Å². The number of hydrogen-bond acceptors (Lipinski definition) is 3. The van der Waals surface area contributed by atoms with E-state index in [4.69, 9.17) is 0 Å². The summed E-state index contributed by atoms with van der Waals surface area (Å²) in [4.78, 5) is 20.2. The van der Waals surface area contributed by atoms with Crippen molar-refractivity contribution in [2.75, 3.05) is 40.3 Å². The van der Waals surface area contributed by atoms with Crippen LogP contribution in [0.15, 0.2) is 4.99 Å². The Morgan fingerprint density at radius 2 is 1.95 bits per heavy atom. The molecule has 0 aliphatic carbocycles. The molecule has 0 atom stereocenters. The molecular formula is C16H33N5O. The van der Waals surface area contributed by atoms with Gasteiger partial charge in [-0.25, -0.2) is 4.99 Å². The first-order valence-electron chi connectivity index (χ1n) is 8.43. The molecule has 0 aromatic rings. The number of likely N-dealkylation sites (N-methyl/N-ethyl adjacent to an activating group) is 1. The lowest BCUT2D eigenvalue weighted by molar-refractivity contribution is -0.127. The predicted octanol–water partition coefficient (Wildman–Crippen LogP) is 0.893. The van der Waals surface area contributed by atoms with E-state index >= 15 is 0 Å². The lowest BCUT2D eigenvalue weighted by Crippen LogP contribution is -2.50. The van der Waals surface area contributed by atoms with Crippen LogP contribution in [0.1, 0.15) is 40.0 Å². The molecule has 6 heteroatoms. The smallest absolute Gasteiger partial charge is 0.243 e. The van der Waals surface area contributed by atoms with Gasteiger partial charge in [0.1, 0.15) is 6.54 Å². The highest BCUT2D eigenvalue weighted by Gasteiger charge is 2.21. The Labute approximate surface area is 135 Å². The Morgan fingerprint density at radius 1 is 1.32 bits per heavy atom. The number of nitrogens with one attached hydrogen (secondary N) is 2. The van der Waals surface area contributed by atoms with E-state index in [1.807, 2.05) is 0 Å². The van der Waals surface area contributed by atoms with Gasteiger partial charge in [0.25, 0.3) is 0 Å². The maximum atomic E-state index is 11.7. The van der Waals surface area contributed by atoms with Crippen LogP contribution in [0, 0.1) is 0 Å². The zero-order valence-electron chi connectivity index (χ0n) is 14.9. The van der Waals surface area contributed by atoms with Crippen LogP contribution in [0.2, 0.25) is 0 Å². The molecule has 1 heterocycles. The monoisotopic (exact) mass is 311 g/mol. The fourth-order valence-corrected chi connectivity index (χ4v) is 2.44. The maximum absolute atomic E-state index is 11.7. The van der Waals surface area contributed by atoms with E-state index in [1.54, 1.807) is 19.0 Å². The van der Waals surface area contributed by atoms with Gasteiger partial charge in [-0.15, -0.1) is 0 Å². The van der Waals surface area contributed by atoms with Crippen LogP contribution in [-0.2, 0) is 4.79 Å². The molecule has 0 aromatic carbocycles. The molecule has 1 amide bonds. The Bertz CT molecular complexity index is 360. The summed E-state index contributed by atoms with van der Waals surface area (Å²) in [5.41, 5.74) is 0. The molecule has 0 unspecified atom stereocenters. The van der Waals surface area contributed by atoms with Gasteiger partial charge < -0.3 is 20.4 Å². The molecule has 1 aliphatic rings. The second-order valence-corrected chi connectivity index (χ2v) is 6.43. The lowest BCUT2D eigenvalue weighted by atomic mass is 10.0. The van der Waals surface area contributed by atoms with Crippen molar-refractivity contribution in [3.8, 4) is 0 Å². The molecule has 0 aromatic heterocycles. The molecular weight excluding hydrogens is 278 g/mol. The zero-order valence-corrected chi connectivity index (χ0v) is 14.9. The number of amides is 1. The van der Waals surface area contributed by atoms with Gasteiger partial charge in [-0.3, -0.25) is 4.79 Å². The standard InChI is InChI=1S/C16H33N5O/c1-6-9-17-16(18-12-15(22)20(4)5)19-14-7-10-21(11-8-14)13(2)3/h13-14H,6-12H2,1-5H3,(H2,17,18,19). The van der Waals surface area contributed by atoms with Crippen molar-refractivity contribution in [2.45, 2.75) is 52.1 Å². The molecule has 0 spiro atoms. The van der Waals surface area contributed by atoms with Crippen molar-refractivity contribution in [1.82, 2.24) is 20.4 Å². The Morgan fingerprint density at radius 3 is 2.45 bits per heavy atom. The number of carbonyl (C=O) groups is 1. The van der Waals surface area contributed by atoms with E-state index in [2.05, 4.69) is 41.3 Å². The number of nitrogens with zero attached hydrogens (tertiary/aromatic N) is 3. The first kappa shape index (κ1) is 18.7. The van der Waals surface area contributed by atoms with Crippen LogP contribution in [-0.4, -0.2) is 74.0 Å². The van der Waals surface area contributed by atoms with E-state index in [9.17, 15) is 4.79 Å². The molecule has 1 aliphatic heterocycles. The fourth-order valence-electron chi connectivity index (χ4n) is 2.44. The summed E-state index contributed by atoms with van der Waals surface area (Å²) in [6.07, 6.45) is 3.27. The number of guanidine groups is 1. The van der Waals surface area contributed by atoms with Crippen LogP contribution in [0.4, 0.5) is 0 Å². The molecule has 128 valence electrons. The third kappa shape index (κ3) is 6.64. The molecule has 1 saturated heterocycles. The first-order chi connectivity index (χ1) is 10.4. The number of piperidine rings is 1. The van der Waals surface area contributed by atoms with Crippen LogP contribution in [0.5, 0.6) is 0 Å².